The van der Waals surface area contributed by atoms with E-state index in [-0.39, 0.29) is 39.3 Å². The highest BCUT2D eigenvalue weighted by Gasteiger charge is 2.43. The van der Waals surface area contributed by atoms with Crippen molar-refractivity contribution in [2.45, 2.75) is 51.6 Å². The molecule has 5 nitrogen and oxygen atoms in total. The van der Waals surface area contributed by atoms with E-state index >= 15 is 0 Å². The summed E-state index contributed by atoms with van der Waals surface area (Å²) < 4.78 is 14.9. The van der Waals surface area contributed by atoms with Crippen LogP contribution in [0.25, 0.3) is 0 Å². The molecule has 0 bridgehead atoms. The van der Waals surface area contributed by atoms with Crippen molar-refractivity contribution in [1.82, 2.24) is 15.2 Å². The summed E-state index contributed by atoms with van der Waals surface area (Å²) in [5.41, 5.74) is 0.652. The first-order valence-corrected chi connectivity index (χ1v) is 11.7. The molecule has 170 valence electrons. The Morgan fingerprint density at radius 2 is 2.03 bits per heavy atom. The fraction of sp³-hybridized carbons (Fsp3) is 0.458. The summed E-state index contributed by atoms with van der Waals surface area (Å²) in [6.07, 6.45) is 5.49. The SMILES string of the molecule is CC1([C@H](NC(=O)[C@@H]2CC(=O)N(Cc3ccccn3)C2)c2c(F)ccc(Cl)c2Cl)CCCC1. The molecule has 2 atom stereocenters. The largest absolute Gasteiger partial charge is 0.348 e. The maximum absolute atomic E-state index is 14.9. The number of hydrogen-bond donors (Lipinski definition) is 1. The van der Waals surface area contributed by atoms with Crippen molar-refractivity contribution in [2.75, 3.05) is 6.54 Å². The number of aromatic nitrogens is 1. The van der Waals surface area contributed by atoms with Gasteiger partial charge < -0.3 is 10.2 Å². The predicted octanol–water partition coefficient (Wildman–Crippen LogP) is 5.31. The first-order chi connectivity index (χ1) is 15.3. The smallest absolute Gasteiger partial charge is 0.225 e. The molecule has 2 fully saturated rings. The fourth-order valence-corrected chi connectivity index (χ4v) is 5.35. The van der Waals surface area contributed by atoms with Crippen LogP contribution < -0.4 is 5.32 Å². The number of carbonyl (C=O) groups excluding carboxylic acids is 2. The van der Waals surface area contributed by atoms with Crippen LogP contribution >= 0.6 is 23.2 Å². The van der Waals surface area contributed by atoms with Gasteiger partial charge in [-0.2, -0.15) is 0 Å². The van der Waals surface area contributed by atoms with Gasteiger partial charge in [0.05, 0.1) is 34.2 Å². The van der Waals surface area contributed by atoms with Crippen LogP contribution in [0, 0.1) is 17.2 Å². The molecule has 0 spiro atoms. The van der Waals surface area contributed by atoms with Gasteiger partial charge in [0.25, 0.3) is 0 Å². The Kier molecular flexibility index (Phi) is 6.72. The number of carbonyl (C=O) groups is 2. The monoisotopic (exact) mass is 477 g/mol. The zero-order valence-corrected chi connectivity index (χ0v) is 19.4. The molecule has 2 aliphatic rings. The standard InChI is InChI=1S/C24H26Cl2FN3O2/c1-24(9-3-4-10-24)22(20-18(27)8-7-17(25)21(20)26)29-23(32)15-12-19(31)30(13-15)14-16-6-2-5-11-28-16/h2,5-8,11,15,22H,3-4,9-10,12-14H2,1H3,(H,29,32)/t15-,22-/m1/s1. The summed E-state index contributed by atoms with van der Waals surface area (Å²) in [6, 6.07) is 7.61. The average Bonchev–Trinajstić information content (AvgIpc) is 3.37. The number of rotatable bonds is 6. The summed E-state index contributed by atoms with van der Waals surface area (Å²) in [6.45, 7) is 2.71. The number of likely N-dealkylation sites (tertiary alicyclic amines) is 1. The van der Waals surface area contributed by atoms with Crippen molar-refractivity contribution in [3.8, 4) is 0 Å². The van der Waals surface area contributed by atoms with Crippen LogP contribution in [0.2, 0.25) is 10.0 Å². The Balaban J connectivity index is 1.55. The highest BCUT2D eigenvalue weighted by molar-refractivity contribution is 6.42. The van der Waals surface area contributed by atoms with Gasteiger partial charge in [-0.05, 0) is 42.5 Å². The summed E-state index contributed by atoms with van der Waals surface area (Å²) in [7, 11) is 0. The van der Waals surface area contributed by atoms with Gasteiger partial charge in [-0.25, -0.2) is 4.39 Å². The van der Waals surface area contributed by atoms with Crippen LogP contribution in [0.5, 0.6) is 0 Å². The number of benzene rings is 1. The Bertz CT molecular complexity index is 1010. The lowest BCUT2D eigenvalue weighted by Crippen LogP contribution is -2.42. The van der Waals surface area contributed by atoms with Gasteiger partial charge in [0.1, 0.15) is 5.82 Å². The quantitative estimate of drug-likeness (QED) is 0.573. The Labute approximate surface area is 197 Å². The van der Waals surface area contributed by atoms with Crippen LogP contribution in [0.3, 0.4) is 0 Å². The first-order valence-electron chi connectivity index (χ1n) is 10.9. The van der Waals surface area contributed by atoms with E-state index in [0.717, 1.165) is 31.4 Å². The minimum atomic E-state index is -0.622. The zero-order chi connectivity index (χ0) is 22.9. The average molecular weight is 478 g/mol. The van der Waals surface area contributed by atoms with Gasteiger partial charge in [-0.1, -0.05) is 49.0 Å². The summed E-state index contributed by atoms with van der Waals surface area (Å²) in [5.74, 6) is -1.36. The van der Waals surface area contributed by atoms with Gasteiger partial charge >= 0.3 is 0 Å². The van der Waals surface area contributed by atoms with Crippen LogP contribution in [0.15, 0.2) is 36.5 Å². The molecule has 8 heteroatoms. The fourth-order valence-electron chi connectivity index (χ4n) is 4.92. The predicted molar refractivity (Wildman–Crippen MR) is 122 cm³/mol. The molecule has 2 amide bonds. The number of hydrogen-bond acceptors (Lipinski definition) is 3. The minimum absolute atomic E-state index is 0.0913. The lowest BCUT2D eigenvalue weighted by molar-refractivity contribution is -0.129. The molecule has 2 aromatic rings. The second-order valence-corrected chi connectivity index (χ2v) is 9.84. The molecular formula is C24H26Cl2FN3O2. The van der Waals surface area contributed by atoms with Crippen molar-refractivity contribution >= 4 is 35.0 Å². The molecular weight excluding hydrogens is 452 g/mol. The third-order valence-electron chi connectivity index (χ3n) is 6.76. The number of nitrogens with one attached hydrogen (secondary N) is 1. The molecule has 2 heterocycles. The van der Waals surface area contributed by atoms with Crippen molar-refractivity contribution in [2.24, 2.45) is 11.3 Å². The van der Waals surface area contributed by atoms with E-state index in [1.54, 1.807) is 11.1 Å². The molecule has 1 aromatic carbocycles. The topological polar surface area (TPSA) is 62.3 Å². The van der Waals surface area contributed by atoms with Gasteiger partial charge in [-0.3, -0.25) is 14.6 Å². The second-order valence-electron chi connectivity index (χ2n) is 9.06. The zero-order valence-electron chi connectivity index (χ0n) is 17.9. The molecule has 0 radical (unpaired) electrons. The van der Waals surface area contributed by atoms with Crippen molar-refractivity contribution < 1.29 is 14.0 Å². The maximum Gasteiger partial charge on any atom is 0.225 e. The molecule has 0 unspecified atom stereocenters. The molecule has 1 saturated heterocycles. The number of pyridine rings is 1. The van der Waals surface area contributed by atoms with Crippen molar-refractivity contribution in [3.63, 3.8) is 0 Å². The van der Waals surface area contributed by atoms with Gasteiger partial charge in [-0.15, -0.1) is 0 Å². The lowest BCUT2D eigenvalue weighted by Gasteiger charge is -2.36. The van der Waals surface area contributed by atoms with E-state index in [1.165, 1.54) is 12.1 Å². The van der Waals surface area contributed by atoms with E-state index in [9.17, 15) is 14.0 Å². The normalized spacial score (nSPS) is 21.1. The molecule has 4 rings (SSSR count). The number of amides is 2. The van der Waals surface area contributed by atoms with Crippen LogP contribution in [-0.4, -0.2) is 28.2 Å². The van der Waals surface area contributed by atoms with E-state index in [1.807, 2.05) is 18.2 Å². The highest BCUT2D eigenvalue weighted by atomic mass is 35.5. The van der Waals surface area contributed by atoms with E-state index in [4.69, 9.17) is 23.2 Å². The summed E-state index contributed by atoms with van der Waals surface area (Å²) in [5, 5.41) is 3.44. The van der Waals surface area contributed by atoms with Gasteiger partial charge in [0.15, 0.2) is 0 Å². The molecule has 1 N–H and O–H groups in total. The van der Waals surface area contributed by atoms with Gasteiger partial charge in [0.2, 0.25) is 11.8 Å². The summed E-state index contributed by atoms with van der Waals surface area (Å²) in [4.78, 5) is 31.7. The second kappa shape index (κ2) is 9.36. The Morgan fingerprint density at radius 1 is 1.28 bits per heavy atom. The molecule has 1 aliphatic heterocycles. The van der Waals surface area contributed by atoms with E-state index in [0.29, 0.717) is 13.1 Å². The third-order valence-corrected chi connectivity index (χ3v) is 7.58. The van der Waals surface area contributed by atoms with Gasteiger partial charge in [0, 0.05) is 24.7 Å². The van der Waals surface area contributed by atoms with Crippen LogP contribution in [0.4, 0.5) is 4.39 Å². The molecule has 1 aromatic heterocycles. The van der Waals surface area contributed by atoms with Crippen molar-refractivity contribution in [3.05, 3.63) is 63.6 Å². The third kappa shape index (κ3) is 4.62. The Morgan fingerprint density at radius 3 is 2.72 bits per heavy atom. The molecule has 32 heavy (non-hydrogen) atoms. The Hall–Kier alpha value is -2.18. The highest BCUT2D eigenvalue weighted by Crippen LogP contribution is 2.50. The molecule has 1 aliphatic carbocycles. The molecule has 1 saturated carbocycles. The van der Waals surface area contributed by atoms with E-state index in [2.05, 4.69) is 17.2 Å². The first kappa shape index (κ1) is 23.0. The van der Waals surface area contributed by atoms with E-state index < -0.39 is 17.8 Å². The maximum atomic E-state index is 14.9. The minimum Gasteiger partial charge on any atom is -0.348 e. The van der Waals surface area contributed by atoms with Crippen LogP contribution in [-0.2, 0) is 16.1 Å². The van der Waals surface area contributed by atoms with Crippen LogP contribution in [0.1, 0.15) is 56.3 Å². The number of nitrogens with zero attached hydrogens (tertiary/aromatic N) is 2. The number of halogens is 3. The van der Waals surface area contributed by atoms with Crippen molar-refractivity contribution in [1.29, 1.82) is 0 Å². The summed E-state index contributed by atoms with van der Waals surface area (Å²) >= 11 is 12.6. The lowest BCUT2D eigenvalue weighted by atomic mass is 9.76.